The predicted molar refractivity (Wildman–Crippen MR) is 55.4 cm³/mol. The van der Waals surface area contributed by atoms with Crippen LogP contribution in [0, 0.1) is 12.7 Å². The van der Waals surface area contributed by atoms with Crippen LogP contribution < -0.4 is 0 Å². The second-order valence-electron chi connectivity index (χ2n) is 3.37. The molecule has 6 heteroatoms. The second-order valence-corrected chi connectivity index (χ2v) is 5.48. The first-order valence-electron chi connectivity index (χ1n) is 4.53. The monoisotopic (exact) mass is 246 g/mol. The van der Waals surface area contributed by atoms with Gasteiger partial charge in [0.15, 0.2) is 9.84 Å². The highest BCUT2D eigenvalue weighted by Crippen LogP contribution is 2.16. The van der Waals surface area contributed by atoms with Crippen LogP contribution in [0.5, 0.6) is 0 Å². The number of aliphatic carboxylic acids is 1. The molecule has 16 heavy (non-hydrogen) atoms. The summed E-state index contributed by atoms with van der Waals surface area (Å²) in [6, 6.07) is 3.40. The zero-order valence-electron chi connectivity index (χ0n) is 8.60. The highest BCUT2D eigenvalue weighted by atomic mass is 32.2. The molecule has 0 saturated heterocycles. The fraction of sp³-hybridized carbons (Fsp3) is 0.300. The molecule has 0 aliphatic carbocycles. The number of rotatable bonds is 4. The van der Waals surface area contributed by atoms with Crippen molar-refractivity contribution in [3.63, 3.8) is 0 Å². The van der Waals surface area contributed by atoms with Gasteiger partial charge in [-0.15, -0.1) is 0 Å². The molecule has 0 amide bonds. The van der Waals surface area contributed by atoms with E-state index in [1.165, 1.54) is 13.0 Å². The summed E-state index contributed by atoms with van der Waals surface area (Å²) in [5.41, 5.74) is 0.219. The Kier molecular flexibility index (Phi) is 3.64. The molecule has 0 bridgehead atoms. The fourth-order valence-corrected chi connectivity index (χ4v) is 2.46. The van der Waals surface area contributed by atoms with Crippen molar-refractivity contribution in [3.05, 3.63) is 29.6 Å². The molecule has 88 valence electrons. The van der Waals surface area contributed by atoms with Gasteiger partial charge in [-0.05, 0) is 30.7 Å². The maximum atomic E-state index is 12.9. The molecule has 1 N–H and O–H groups in total. The molecular weight excluding hydrogens is 235 g/mol. The van der Waals surface area contributed by atoms with Crippen molar-refractivity contribution < 1.29 is 22.7 Å². The van der Waals surface area contributed by atoms with Gasteiger partial charge >= 0.3 is 5.97 Å². The molecule has 1 rings (SSSR count). The fourth-order valence-electron chi connectivity index (χ4n) is 1.15. The van der Waals surface area contributed by atoms with Crippen LogP contribution in [-0.2, 0) is 14.6 Å². The van der Waals surface area contributed by atoms with Gasteiger partial charge in [-0.3, -0.25) is 4.79 Å². The smallest absolute Gasteiger partial charge is 0.304 e. The Labute approximate surface area is 92.6 Å². The van der Waals surface area contributed by atoms with Crippen molar-refractivity contribution in [1.29, 1.82) is 0 Å². The lowest BCUT2D eigenvalue weighted by Crippen LogP contribution is -2.11. The maximum Gasteiger partial charge on any atom is 0.304 e. The lowest BCUT2D eigenvalue weighted by molar-refractivity contribution is -0.136. The van der Waals surface area contributed by atoms with Gasteiger partial charge in [-0.2, -0.15) is 0 Å². The molecule has 0 fully saturated rings. The van der Waals surface area contributed by atoms with E-state index in [4.69, 9.17) is 5.11 Å². The largest absolute Gasteiger partial charge is 0.481 e. The van der Waals surface area contributed by atoms with E-state index in [9.17, 15) is 17.6 Å². The van der Waals surface area contributed by atoms with Crippen LogP contribution in [0.15, 0.2) is 23.1 Å². The third-order valence-corrected chi connectivity index (χ3v) is 3.79. The molecule has 1 aromatic rings. The molecule has 0 aliphatic rings. The van der Waals surface area contributed by atoms with Gasteiger partial charge < -0.3 is 5.11 Å². The number of hydrogen-bond acceptors (Lipinski definition) is 3. The predicted octanol–water partition coefficient (Wildman–Crippen LogP) is 1.38. The number of carbonyl (C=O) groups is 1. The molecule has 1 aromatic carbocycles. The van der Waals surface area contributed by atoms with Crippen molar-refractivity contribution in [2.45, 2.75) is 18.2 Å². The van der Waals surface area contributed by atoms with Crippen LogP contribution in [0.4, 0.5) is 4.39 Å². The molecule has 0 atom stereocenters. The van der Waals surface area contributed by atoms with E-state index in [2.05, 4.69) is 0 Å². The van der Waals surface area contributed by atoms with Crippen LogP contribution in [-0.4, -0.2) is 25.2 Å². The summed E-state index contributed by atoms with van der Waals surface area (Å²) >= 11 is 0. The van der Waals surface area contributed by atoms with Gasteiger partial charge in [0, 0.05) is 0 Å². The average Bonchev–Trinajstić information content (AvgIpc) is 2.19. The van der Waals surface area contributed by atoms with Crippen molar-refractivity contribution >= 4 is 15.8 Å². The number of sulfone groups is 1. The third-order valence-electron chi connectivity index (χ3n) is 2.07. The minimum atomic E-state index is -3.64. The van der Waals surface area contributed by atoms with Crippen molar-refractivity contribution in [1.82, 2.24) is 0 Å². The highest BCUT2D eigenvalue weighted by molar-refractivity contribution is 7.91. The van der Waals surface area contributed by atoms with Crippen molar-refractivity contribution in [3.8, 4) is 0 Å². The van der Waals surface area contributed by atoms with E-state index in [0.717, 1.165) is 12.1 Å². The number of benzene rings is 1. The standard InChI is InChI=1S/C10H11FO4S/c1-7-6-8(2-3-9(7)11)16(14,15)5-4-10(12)13/h2-3,6H,4-5H2,1H3,(H,12,13). The van der Waals surface area contributed by atoms with Gasteiger partial charge in [0.1, 0.15) is 5.82 Å². The third kappa shape index (κ3) is 3.03. The van der Waals surface area contributed by atoms with E-state index in [0.29, 0.717) is 0 Å². The van der Waals surface area contributed by atoms with E-state index in [1.807, 2.05) is 0 Å². The molecule has 4 nitrogen and oxygen atoms in total. The Balaban J connectivity index is 2.99. The zero-order chi connectivity index (χ0) is 12.3. The average molecular weight is 246 g/mol. The van der Waals surface area contributed by atoms with E-state index in [1.54, 1.807) is 0 Å². The normalized spacial score (nSPS) is 11.4. The maximum absolute atomic E-state index is 12.9. The summed E-state index contributed by atoms with van der Waals surface area (Å²) in [5.74, 6) is -2.15. The Hall–Kier alpha value is -1.43. The van der Waals surface area contributed by atoms with Crippen molar-refractivity contribution in [2.75, 3.05) is 5.75 Å². The molecular formula is C10H11FO4S. The molecule has 0 spiro atoms. The first-order chi connectivity index (χ1) is 7.33. The van der Waals surface area contributed by atoms with Crippen LogP contribution in [0.1, 0.15) is 12.0 Å². The molecule has 0 saturated carbocycles. The number of carboxylic acids is 1. The van der Waals surface area contributed by atoms with Crippen molar-refractivity contribution in [2.24, 2.45) is 0 Å². The summed E-state index contributed by atoms with van der Waals surface area (Å²) in [7, 11) is -3.64. The number of hydrogen-bond donors (Lipinski definition) is 1. The van der Waals surface area contributed by atoms with Crippen LogP contribution in [0.2, 0.25) is 0 Å². The van der Waals surface area contributed by atoms with Crippen LogP contribution >= 0.6 is 0 Å². The summed E-state index contributed by atoms with van der Waals surface area (Å²) in [6.07, 6.45) is -0.460. The zero-order valence-corrected chi connectivity index (χ0v) is 9.42. The number of aryl methyl sites for hydroxylation is 1. The van der Waals surface area contributed by atoms with Gasteiger partial charge in [0.05, 0.1) is 17.1 Å². The molecule has 0 radical (unpaired) electrons. The molecule has 0 heterocycles. The Morgan fingerprint density at radius 1 is 1.44 bits per heavy atom. The topological polar surface area (TPSA) is 71.4 Å². The number of halogens is 1. The number of carboxylic acid groups (broad SMARTS) is 1. The first kappa shape index (κ1) is 12.6. The van der Waals surface area contributed by atoms with Crippen LogP contribution in [0.3, 0.4) is 0 Å². The van der Waals surface area contributed by atoms with Gasteiger partial charge in [-0.25, -0.2) is 12.8 Å². The van der Waals surface area contributed by atoms with E-state index in [-0.39, 0.29) is 10.5 Å². The SMILES string of the molecule is Cc1cc(S(=O)(=O)CCC(=O)O)ccc1F. The minimum Gasteiger partial charge on any atom is -0.481 e. The highest BCUT2D eigenvalue weighted by Gasteiger charge is 2.16. The summed E-state index contributed by atoms with van der Waals surface area (Å²) in [6.45, 7) is 1.45. The van der Waals surface area contributed by atoms with E-state index < -0.39 is 33.8 Å². The first-order valence-corrected chi connectivity index (χ1v) is 6.19. The summed E-state index contributed by atoms with van der Waals surface area (Å²) in [5, 5.41) is 8.40. The molecule has 0 unspecified atom stereocenters. The Morgan fingerprint density at radius 2 is 2.06 bits per heavy atom. The quantitative estimate of drug-likeness (QED) is 0.815. The molecule has 0 aromatic heterocycles. The summed E-state index contributed by atoms with van der Waals surface area (Å²) in [4.78, 5) is 10.2. The Bertz CT molecular complexity index is 508. The van der Waals surface area contributed by atoms with Crippen LogP contribution in [0.25, 0.3) is 0 Å². The lowest BCUT2D eigenvalue weighted by Gasteiger charge is -2.04. The lowest BCUT2D eigenvalue weighted by atomic mass is 10.2. The van der Waals surface area contributed by atoms with E-state index >= 15 is 0 Å². The second kappa shape index (κ2) is 4.61. The van der Waals surface area contributed by atoms with Gasteiger partial charge in [-0.1, -0.05) is 0 Å². The minimum absolute atomic E-state index is 0.0485. The Morgan fingerprint density at radius 3 is 2.56 bits per heavy atom. The van der Waals surface area contributed by atoms with Gasteiger partial charge in [0.2, 0.25) is 0 Å². The molecule has 0 aliphatic heterocycles. The summed E-state index contributed by atoms with van der Waals surface area (Å²) < 4.78 is 36.1. The van der Waals surface area contributed by atoms with Gasteiger partial charge in [0.25, 0.3) is 0 Å².